The molecule has 0 radical (unpaired) electrons. The van der Waals surface area contributed by atoms with Gasteiger partial charge in [-0.1, -0.05) is 30.3 Å². The summed E-state index contributed by atoms with van der Waals surface area (Å²) in [6, 6.07) is 10.7. The average Bonchev–Trinajstić information content (AvgIpc) is 2.47. The topological polar surface area (TPSA) is 82.2 Å². The number of rotatable bonds is 4. The third-order valence-corrected chi connectivity index (χ3v) is 3.22. The van der Waals surface area contributed by atoms with Gasteiger partial charge < -0.3 is 15.4 Å². The number of carbonyl (C=O) groups is 1. The molecule has 1 unspecified atom stereocenters. The van der Waals surface area contributed by atoms with Crippen LogP contribution in [0.3, 0.4) is 0 Å². The summed E-state index contributed by atoms with van der Waals surface area (Å²) in [6.07, 6.45) is 0. The van der Waals surface area contributed by atoms with Crippen LogP contribution >= 0.6 is 0 Å². The molecule has 1 amide bonds. The maximum absolute atomic E-state index is 12.1. The second-order valence-electron chi connectivity index (χ2n) is 4.97. The van der Waals surface area contributed by atoms with Crippen molar-refractivity contribution in [3.05, 3.63) is 58.0 Å². The van der Waals surface area contributed by atoms with E-state index < -0.39 is 17.5 Å². The predicted octanol–water partition coefficient (Wildman–Crippen LogP) is 1.46. The van der Waals surface area contributed by atoms with Gasteiger partial charge in [-0.15, -0.1) is 0 Å². The summed E-state index contributed by atoms with van der Waals surface area (Å²) in [5.41, 5.74) is 2.04. The van der Waals surface area contributed by atoms with E-state index in [0.29, 0.717) is 5.69 Å². The lowest BCUT2D eigenvalue weighted by atomic mass is 10.0. The van der Waals surface area contributed by atoms with E-state index in [-0.39, 0.29) is 12.2 Å². The molecule has 0 fully saturated rings. The van der Waals surface area contributed by atoms with E-state index in [2.05, 4.69) is 10.3 Å². The molecule has 0 aliphatic carbocycles. The van der Waals surface area contributed by atoms with E-state index in [4.69, 9.17) is 5.11 Å². The molecule has 0 saturated carbocycles. The minimum Gasteiger partial charge on any atom is -0.394 e. The predicted molar refractivity (Wildman–Crippen MR) is 81.2 cm³/mol. The Morgan fingerprint density at radius 1 is 1.33 bits per heavy atom. The lowest BCUT2D eigenvalue weighted by molar-refractivity contribution is 0.0921. The molecule has 1 heterocycles. The molecule has 5 heteroatoms. The van der Waals surface area contributed by atoms with Crippen molar-refractivity contribution in [1.82, 2.24) is 10.3 Å². The van der Waals surface area contributed by atoms with Crippen LogP contribution < -0.4 is 10.9 Å². The number of amides is 1. The summed E-state index contributed by atoms with van der Waals surface area (Å²) < 4.78 is 0. The third kappa shape index (κ3) is 3.38. The van der Waals surface area contributed by atoms with Crippen LogP contribution in [0, 0.1) is 6.92 Å². The van der Waals surface area contributed by atoms with E-state index in [0.717, 1.165) is 11.1 Å². The van der Waals surface area contributed by atoms with Crippen LogP contribution in [0.5, 0.6) is 0 Å². The number of aliphatic hydroxyl groups excluding tert-OH is 1. The number of nitrogens with one attached hydrogen (secondary N) is 2. The number of pyridine rings is 1. The summed E-state index contributed by atoms with van der Waals surface area (Å²) in [4.78, 5) is 26.7. The van der Waals surface area contributed by atoms with Crippen molar-refractivity contribution in [2.24, 2.45) is 0 Å². The number of aryl methyl sites for hydroxylation is 1. The Morgan fingerprint density at radius 3 is 2.62 bits per heavy atom. The minimum atomic E-state index is -0.491. The maximum Gasteiger partial charge on any atom is 0.261 e. The number of benzene rings is 1. The number of aliphatic hydroxyl groups is 1. The molecule has 1 atom stereocenters. The van der Waals surface area contributed by atoms with Crippen LogP contribution in [-0.4, -0.2) is 28.6 Å². The molecular weight excluding hydrogens is 268 g/mol. The number of aromatic amines is 1. The van der Waals surface area contributed by atoms with Gasteiger partial charge in [-0.25, -0.2) is 0 Å². The van der Waals surface area contributed by atoms with Crippen molar-refractivity contribution in [2.75, 3.05) is 6.61 Å². The van der Waals surface area contributed by atoms with E-state index in [1.807, 2.05) is 30.3 Å². The van der Waals surface area contributed by atoms with Crippen LogP contribution in [0.1, 0.15) is 23.0 Å². The van der Waals surface area contributed by atoms with E-state index in [9.17, 15) is 9.59 Å². The monoisotopic (exact) mass is 286 g/mol. The van der Waals surface area contributed by atoms with Crippen LogP contribution in [0.15, 0.2) is 41.2 Å². The first-order valence-electron chi connectivity index (χ1n) is 6.74. The highest BCUT2D eigenvalue weighted by atomic mass is 16.3. The Kier molecular flexibility index (Phi) is 4.55. The Bertz CT molecular complexity index is 692. The Morgan fingerprint density at radius 2 is 2.00 bits per heavy atom. The molecule has 21 heavy (non-hydrogen) atoms. The van der Waals surface area contributed by atoms with Crippen LogP contribution in [0.25, 0.3) is 11.1 Å². The van der Waals surface area contributed by atoms with Gasteiger partial charge in [0.05, 0.1) is 6.61 Å². The Labute approximate surface area is 122 Å². The van der Waals surface area contributed by atoms with E-state index >= 15 is 0 Å². The molecule has 0 saturated heterocycles. The Balaban J connectivity index is 2.44. The summed E-state index contributed by atoms with van der Waals surface area (Å²) in [6.45, 7) is 3.28. The van der Waals surface area contributed by atoms with Gasteiger partial charge in [-0.2, -0.15) is 0 Å². The van der Waals surface area contributed by atoms with E-state index in [1.54, 1.807) is 19.9 Å². The minimum absolute atomic E-state index is 0.0414. The molecule has 0 spiro atoms. The molecule has 0 bridgehead atoms. The van der Waals surface area contributed by atoms with Gasteiger partial charge in [0.1, 0.15) is 5.56 Å². The molecule has 0 aliphatic rings. The molecule has 1 aromatic carbocycles. The zero-order valence-electron chi connectivity index (χ0n) is 12.0. The Hall–Kier alpha value is -2.40. The molecule has 3 N–H and O–H groups in total. The molecule has 0 aliphatic heterocycles. The van der Waals surface area contributed by atoms with E-state index in [1.165, 1.54) is 0 Å². The zero-order chi connectivity index (χ0) is 15.4. The average molecular weight is 286 g/mol. The quantitative estimate of drug-likeness (QED) is 0.796. The zero-order valence-corrected chi connectivity index (χ0v) is 12.0. The fraction of sp³-hybridized carbons (Fsp3) is 0.250. The first kappa shape index (κ1) is 15.0. The number of hydrogen-bond acceptors (Lipinski definition) is 3. The summed E-state index contributed by atoms with van der Waals surface area (Å²) in [5.74, 6) is -0.491. The van der Waals surface area contributed by atoms with Gasteiger partial charge in [0.25, 0.3) is 11.5 Å². The lowest BCUT2D eigenvalue weighted by Crippen LogP contribution is -2.38. The van der Waals surface area contributed by atoms with Gasteiger partial charge in [0.15, 0.2) is 0 Å². The first-order chi connectivity index (χ1) is 10.0. The number of H-pyrrole nitrogens is 1. The SMILES string of the molecule is Cc1[nH]c(=O)c(C(=O)NC(C)CO)cc1-c1ccccc1. The van der Waals surface area contributed by atoms with Gasteiger partial charge in [0.2, 0.25) is 0 Å². The third-order valence-electron chi connectivity index (χ3n) is 3.22. The van der Waals surface area contributed by atoms with Gasteiger partial charge >= 0.3 is 0 Å². The van der Waals surface area contributed by atoms with Crippen LogP contribution in [0.2, 0.25) is 0 Å². The summed E-state index contributed by atoms with van der Waals surface area (Å²) in [7, 11) is 0. The van der Waals surface area contributed by atoms with Crippen LogP contribution in [-0.2, 0) is 0 Å². The molecule has 5 nitrogen and oxygen atoms in total. The molecule has 2 aromatic rings. The lowest BCUT2D eigenvalue weighted by Gasteiger charge is -2.12. The second kappa shape index (κ2) is 6.37. The second-order valence-corrected chi connectivity index (χ2v) is 4.97. The fourth-order valence-corrected chi connectivity index (χ4v) is 2.06. The van der Waals surface area contributed by atoms with Crippen molar-refractivity contribution < 1.29 is 9.90 Å². The van der Waals surface area contributed by atoms with Crippen molar-refractivity contribution in [3.8, 4) is 11.1 Å². The van der Waals surface area contributed by atoms with Gasteiger partial charge in [0, 0.05) is 17.3 Å². The highest BCUT2D eigenvalue weighted by Gasteiger charge is 2.15. The molecule has 2 rings (SSSR count). The number of carbonyl (C=O) groups excluding carboxylic acids is 1. The molecule has 1 aromatic heterocycles. The highest BCUT2D eigenvalue weighted by Crippen LogP contribution is 2.21. The fourth-order valence-electron chi connectivity index (χ4n) is 2.06. The van der Waals surface area contributed by atoms with Crippen molar-refractivity contribution in [3.63, 3.8) is 0 Å². The van der Waals surface area contributed by atoms with Gasteiger partial charge in [-0.05, 0) is 25.5 Å². The standard InChI is InChI=1S/C16H18N2O3/c1-10(9-19)17-15(20)14-8-13(11(2)18-16(14)21)12-6-4-3-5-7-12/h3-8,10,19H,9H2,1-2H3,(H,17,20)(H,18,21). The number of hydrogen-bond donors (Lipinski definition) is 3. The van der Waals surface area contributed by atoms with Crippen LogP contribution in [0.4, 0.5) is 0 Å². The normalized spacial score (nSPS) is 12.0. The first-order valence-corrected chi connectivity index (χ1v) is 6.74. The summed E-state index contributed by atoms with van der Waals surface area (Å²) in [5, 5.41) is 11.6. The molecular formula is C16H18N2O3. The van der Waals surface area contributed by atoms with Crippen molar-refractivity contribution in [1.29, 1.82) is 0 Å². The maximum atomic E-state index is 12.1. The summed E-state index contributed by atoms with van der Waals surface area (Å²) >= 11 is 0. The van der Waals surface area contributed by atoms with Crippen molar-refractivity contribution in [2.45, 2.75) is 19.9 Å². The molecule has 110 valence electrons. The number of aromatic nitrogens is 1. The largest absolute Gasteiger partial charge is 0.394 e. The smallest absolute Gasteiger partial charge is 0.261 e. The van der Waals surface area contributed by atoms with Gasteiger partial charge in [-0.3, -0.25) is 9.59 Å². The van der Waals surface area contributed by atoms with Crippen molar-refractivity contribution >= 4 is 5.91 Å². The highest BCUT2D eigenvalue weighted by molar-refractivity contribution is 5.95.